The Morgan fingerprint density at radius 2 is 2.00 bits per heavy atom. The topological polar surface area (TPSA) is 46.9 Å². The Morgan fingerprint density at radius 3 is 2.80 bits per heavy atom. The molecule has 0 atom stereocenters. The quantitative estimate of drug-likeness (QED) is 0.831. The van der Waals surface area contributed by atoms with E-state index in [4.69, 9.17) is 0 Å². The van der Waals surface area contributed by atoms with E-state index >= 15 is 0 Å². The molecule has 1 aromatic carbocycles. The van der Waals surface area contributed by atoms with Gasteiger partial charge < -0.3 is 5.32 Å². The molecule has 1 amide bonds. The lowest BCUT2D eigenvalue weighted by molar-refractivity contribution is 0.0964. The van der Waals surface area contributed by atoms with Crippen LogP contribution in [0.3, 0.4) is 0 Å². The third kappa shape index (κ3) is 3.66. The van der Waals surface area contributed by atoms with Gasteiger partial charge in [0.1, 0.15) is 0 Å². The first kappa shape index (κ1) is 16.5. The lowest BCUT2D eigenvalue weighted by Gasteiger charge is -2.17. The van der Waals surface area contributed by atoms with Gasteiger partial charge in [0.15, 0.2) is 0 Å². The average Bonchev–Trinajstić information content (AvgIpc) is 3.28. The number of benzene rings is 1. The van der Waals surface area contributed by atoms with Crippen LogP contribution >= 0.6 is 11.8 Å². The Kier molecular flexibility index (Phi) is 4.92. The summed E-state index contributed by atoms with van der Waals surface area (Å²) in [5.41, 5.74) is 2.86. The van der Waals surface area contributed by atoms with Gasteiger partial charge in [-0.3, -0.25) is 9.48 Å². The van der Waals surface area contributed by atoms with Crippen LogP contribution in [0.15, 0.2) is 53.2 Å². The molecule has 0 spiro atoms. The molecule has 0 unspecified atom stereocenters. The summed E-state index contributed by atoms with van der Waals surface area (Å²) in [7, 11) is 0. The number of hydrogen-bond donors (Lipinski definition) is 1. The highest BCUT2D eigenvalue weighted by Crippen LogP contribution is 2.31. The maximum absolute atomic E-state index is 12.7. The molecule has 0 saturated heterocycles. The number of amides is 1. The largest absolute Gasteiger partial charge is 0.325 e. The van der Waals surface area contributed by atoms with Gasteiger partial charge in [-0.2, -0.15) is 5.10 Å². The standard InChI is InChI=1S/C20H23N3OS/c24-20-18-13-21-23(16-8-4-5-9-16)19(18)12-6-7-15(22-20)14-25-17-10-2-1-3-11-17/h1-3,7,10-11,13,16H,4-6,8-9,12,14H2,(H,22,24). The van der Waals surface area contributed by atoms with Crippen LogP contribution in [0.25, 0.3) is 0 Å². The van der Waals surface area contributed by atoms with E-state index in [-0.39, 0.29) is 5.91 Å². The number of aromatic nitrogens is 2. The van der Waals surface area contributed by atoms with Crippen LogP contribution in [0.4, 0.5) is 0 Å². The summed E-state index contributed by atoms with van der Waals surface area (Å²) >= 11 is 1.75. The van der Waals surface area contributed by atoms with Crippen LogP contribution < -0.4 is 5.32 Å². The molecule has 5 heteroatoms. The summed E-state index contributed by atoms with van der Waals surface area (Å²) in [6.07, 6.45) is 10.7. The number of thioether (sulfide) groups is 1. The second-order valence-electron chi connectivity index (χ2n) is 6.71. The van der Waals surface area contributed by atoms with E-state index in [1.54, 1.807) is 18.0 Å². The van der Waals surface area contributed by atoms with Crippen molar-refractivity contribution in [3.63, 3.8) is 0 Å². The zero-order chi connectivity index (χ0) is 17.1. The van der Waals surface area contributed by atoms with Crippen LogP contribution in [0, 0.1) is 0 Å². The highest BCUT2D eigenvalue weighted by Gasteiger charge is 2.25. The zero-order valence-electron chi connectivity index (χ0n) is 14.3. The number of allylic oxidation sites excluding steroid dienone is 1. The molecule has 2 aromatic rings. The molecule has 2 aliphatic rings. The van der Waals surface area contributed by atoms with Crippen molar-refractivity contribution in [2.45, 2.75) is 49.5 Å². The number of fused-ring (bicyclic) bond motifs is 1. The number of carbonyl (C=O) groups is 1. The van der Waals surface area contributed by atoms with Crippen LogP contribution in [-0.2, 0) is 6.42 Å². The minimum Gasteiger partial charge on any atom is -0.325 e. The van der Waals surface area contributed by atoms with Gasteiger partial charge in [-0.15, -0.1) is 11.8 Å². The van der Waals surface area contributed by atoms with Gasteiger partial charge >= 0.3 is 0 Å². The minimum absolute atomic E-state index is 0.0149. The summed E-state index contributed by atoms with van der Waals surface area (Å²) in [5, 5.41) is 7.66. The minimum atomic E-state index is -0.0149. The lowest BCUT2D eigenvalue weighted by Crippen LogP contribution is -2.26. The van der Waals surface area contributed by atoms with Crippen molar-refractivity contribution in [2.75, 3.05) is 5.75 Å². The zero-order valence-corrected chi connectivity index (χ0v) is 15.1. The van der Waals surface area contributed by atoms with Crippen molar-refractivity contribution in [3.05, 3.63) is 59.6 Å². The highest BCUT2D eigenvalue weighted by atomic mass is 32.2. The predicted octanol–water partition coefficient (Wildman–Crippen LogP) is 4.35. The molecule has 1 aromatic heterocycles. The van der Waals surface area contributed by atoms with E-state index in [0.717, 1.165) is 35.5 Å². The number of nitrogens with zero attached hydrogens (tertiary/aromatic N) is 2. The molecule has 130 valence electrons. The molecular weight excluding hydrogens is 330 g/mol. The lowest BCUT2D eigenvalue weighted by atomic mass is 10.1. The van der Waals surface area contributed by atoms with Gasteiger partial charge in [0.2, 0.25) is 0 Å². The van der Waals surface area contributed by atoms with Crippen LogP contribution in [0.2, 0.25) is 0 Å². The highest BCUT2D eigenvalue weighted by molar-refractivity contribution is 7.99. The van der Waals surface area contributed by atoms with Gasteiger partial charge in [-0.05, 0) is 37.8 Å². The fourth-order valence-electron chi connectivity index (χ4n) is 3.71. The van der Waals surface area contributed by atoms with Crippen LogP contribution in [-0.4, -0.2) is 21.4 Å². The van der Waals surface area contributed by atoms with E-state index < -0.39 is 0 Å². The van der Waals surface area contributed by atoms with E-state index in [1.165, 1.54) is 30.6 Å². The molecule has 4 nitrogen and oxygen atoms in total. The maximum Gasteiger partial charge on any atom is 0.258 e. The van der Waals surface area contributed by atoms with Crippen molar-refractivity contribution in [3.8, 4) is 0 Å². The third-order valence-corrected chi connectivity index (χ3v) is 6.06. The number of rotatable bonds is 4. The maximum atomic E-state index is 12.7. The summed E-state index contributed by atoms with van der Waals surface area (Å²) in [6, 6.07) is 10.8. The normalized spacial score (nSPS) is 18.2. The smallest absolute Gasteiger partial charge is 0.258 e. The van der Waals surface area contributed by atoms with Crippen LogP contribution in [0.5, 0.6) is 0 Å². The first-order chi connectivity index (χ1) is 12.3. The summed E-state index contributed by atoms with van der Waals surface area (Å²) < 4.78 is 2.12. The number of hydrogen-bond acceptors (Lipinski definition) is 3. The van der Waals surface area contributed by atoms with Crippen LogP contribution in [0.1, 0.15) is 54.2 Å². The third-order valence-electron chi connectivity index (χ3n) is 5.00. The molecule has 25 heavy (non-hydrogen) atoms. The molecular formula is C20H23N3OS. The Labute approximate surface area is 152 Å². The van der Waals surface area contributed by atoms with Crippen molar-refractivity contribution in [2.24, 2.45) is 0 Å². The van der Waals surface area contributed by atoms with Crippen molar-refractivity contribution < 1.29 is 4.79 Å². The van der Waals surface area contributed by atoms with Gasteiger partial charge in [0.05, 0.1) is 23.5 Å². The Hall–Kier alpha value is -2.01. The van der Waals surface area contributed by atoms with E-state index in [0.29, 0.717) is 6.04 Å². The Bertz CT molecular complexity index is 775. The van der Waals surface area contributed by atoms with Crippen molar-refractivity contribution >= 4 is 17.7 Å². The molecule has 1 aliphatic heterocycles. The molecule has 1 fully saturated rings. The second-order valence-corrected chi connectivity index (χ2v) is 7.76. The first-order valence-corrected chi connectivity index (χ1v) is 10.0. The first-order valence-electron chi connectivity index (χ1n) is 9.06. The monoisotopic (exact) mass is 353 g/mol. The molecule has 1 N–H and O–H groups in total. The summed E-state index contributed by atoms with van der Waals surface area (Å²) in [4.78, 5) is 13.9. The molecule has 1 aliphatic carbocycles. The summed E-state index contributed by atoms with van der Waals surface area (Å²) in [6.45, 7) is 0. The van der Waals surface area contributed by atoms with Gasteiger partial charge in [0, 0.05) is 16.3 Å². The predicted molar refractivity (Wildman–Crippen MR) is 101 cm³/mol. The number of carbonyl (C=O) groups excluding carboxylic acids is 1. The van der Waals surface area contributed by atoms with Gasteiger partial charge in [-0.25, -0.2) is 0 Å². The molecule has 0 radical (unpaired) electrons. The van der Waals surface area contributed by atoms with E-state index in [1.807, 2.05) is 18.2 Å². The van der Waals surface area contributed by atoms with Crippen molar-refractivity contribution in [1.82, 2.24) is 15.1 Å². The molecule has 1 saturated carbocycles. The summed E-state index contributed by atoms with van der Waals surface area (Å²) in [5.74, 6) is 0.765. The molecule has 2 heterocycles. The molecule has 4 rings (SSSR count). The van der Waals surface area contributed by atoms with E-state index in [2.05, 4.69) is 33.3 Å². The van der Waals surface area contributed by atoms with Crippen molar-refractivity contribution in [1.29, 1.82) is 0 Å². The molecule has 0 bridgehead atoms. The fourth-order valence-corrected chi connectivity index (χ4v) is 4.57. The second kappa shape index (κ2) is 7.48. The SMILES string of the molecule is O=C1NC(CSc2ccccc2)=CCCc2c1cnn2C1CCCC1. The van der Waals surface area contributed by atoms with E-state index in [9.17, 15) is 4.79 Å². The van der Waals surface area contributed by atoms with Gasteiger partial charge in [0.25, 0.3) is 5.91 Å². The Morgan fingerprint density at radius 1 is 1.20 bits per heavy atom. The van der Waals surface area contributed by atoms with Gasteiger partial charge in [-0.1, -0.05) is 37.1 Å². The number of nitrogens with one attached hydrogen (secondary N) is 1. The Balaban J connectivity index is 1.47. The average molecular weight is 353 g/mol. The fraction of sp³-hybridized carbons (Fsp3) is 0.400.